The number of likely N-dealkylation sites (N-methyl/N-ethyl adjacent to an activating group) is 1. The first-order valence-corrected chi connectivity index (χ1v) is 8.97. The Balaban J connectivity index is 1.83. The molecule has 2 aromatic rings. The van der Waals surface area contributed by atoms with Crippen molar-refractivity contribution in [3.8, 4) is 0 Å². The Morgan fingerprint density at radius 3 is 2.58 bits per heavy atom. The van der Waals surface area contributed by atoms with E-state index in [2.05, 4.69) is 53.6 Å². The van der Waals surface area contributed by atoms with Crippen LogP contribution in [0.2, 0.25) is 10.0 Å². The molecule has 0 aliphatic carbocycles. The zero-order chi connectivity index (χ0) is 17.5. The van der Waals surface area contributed by atoms with Gasteiger partial charge in [0.1, 0.15) is 0 Å². The van der Waals surface area contributed by atoms with Crippen molar-refractivity contribution in [2.24, 2.45) is 0 Å². The van der Waals surface area contributed by atoms with Crippen molar-refractivity contribution in [3.63, 3.8) is 0 Å². The SMILES string of the molecule is CCN(CCNC(=S)Nc1ccc(Cl)c(Cl)c1)c1cccc(C)c1. The number of aryl methyl sites for hydroxylation is 1. The topological polar surface area (TPSA) is 27.3 Å². The molecule has 0 radical (unpaired) electrons. The maximum Gasteiger partial charge on any atom is 0.170 e. The summed E-state index contributed by atoms with van der Waals surface area (Å²) in [7, 11) is 0. The van der Waals surface area contributed by atoms with Gasteiger partial charge in [-0.25, -0.2) is 0 Å². The van der Waals surface area contributed by atoms with E-state index in [1.54, 1.807) is 12.1 Å². The molecule has 0 amide bonds. The van der Waals surface area contributed by atoms with Gasteiger partial charge in [-0.05, 0) is 62.0 Å². The molecule has 2 aromatic carbocycles. The third-order valence-electron chi connectivity index (χ3n) is 3.59. The second-order valence-corrected chi connectivity index (χ2v) is 6.65. The van der Waals surface area contributed by atoms with E-state index in [1.165, 1.54) is 11.3 Å². The molecule has 0 spiro atoms. The van der Waals surface area contributed by atoms with Crippen LogP contribution in [-0.2, 0) is 0 Å². The predicted octanol–water partition coefficient (Wildman–Crippen LogP) is 5.11. The molecule has 0 atom stereocenters. The Morgan fingerprint density at radius 1 is 1.12 bits per heavy atom. The molecular weight excluding hydrogens is 361 g/mol. The van der Waals surface area contributed by atoms with Crippen LogP contribution in [0.25, 0.3) is 0 Å². The fourth-order valence-electron chi connectivity index (χ4n) is 2.35. The van der Waals surface area contributed by atoms with Gasteiger partial charge in [-0.1, -0.05) is 35.3 Å². The number of benzene rings is 2. The van der Waals surface area contributed by atoms with Crippen molar-refractivity contribution in [3.05, 3.63) is 58.1 Å². The summed E-state index contributed by atoms with van der Waals surface area (Å²) in [5.41, 5.74) is 3.30. The standard InChI is InChI=1S/C18H21Cl2N3S/c1-3-23(15-6-4-5-13(2)11-15)10-9-21-18(24)22-14-7-8-16(19)17(20)12-14/h4-8,11-12H,3,9-10H2,1-2H3,(H2,21,22,24). The normalized spacial score (nSPS) is 10.3. The monoisotopic (exact) mass is 381 g/mol. The number of hydrogen-bond acceptors (Lipinski definition) is 2. The lowest BCUT2D eigenvalue weighted by molar-refractivity contribution is 0.779. The highest BCUT2D eigenvalue weighted by atomic mass is 35.5. The first-order chi connectivity index (χ1) is 11.5. The second-order valence-electron chi connectivity index (χ2n) is 5.43. The van der Waals surface area contributed by atoms with Crippen LogP contribution in [0, 0.1) is 6.92 Å². The zero-order valence-electron chi connectivity index (χ0n) is 13.8. The highest BCUT2D eigenvalue weighted by molar-refractivity contribution is 7.80. The molecule has 128 valence electrons. The maximum absolute atomic E-state index is 6.00. The van der Waals surface area contributed by atoms with Crippen molar-refractivity contribution >= 4 is 51.9 Å². The number of nitrogens with one attached hydrogen (secondary N) is 2. The molecule has 2 N–H and O–H groups in total. The molecule has 0 saturated heterocycles. The summed E-state index contributed by atoms with van der Waals surface area (Å²) >= 11 is 17.2. The van der Waals surface area contributed by atoms with Gasteiger partial charge in [0.2, 0.25) is 0 Å². The minimum atomic E-state index is 0.501. The van der Waals surface area contributed by atoms with Crippen LogP contribution in [0.15, 0.2) is 42.5 Å². The first-order valence-electron chi connectivity index (χ1n) is 7.81. The van der Waals surface area contributed by atoms with Crippen molar-refractivity contribution in [1.29, 1.82) is 0 Å². The van der Waals surface area contributed by atoms with Gasteiger partial charge in [0.25, 0.3) is 0 Å². The predicted molar refractivity (Wildman–Crippen MR) is 110 cm³/mol. The Bertz CT molecular complexity index is 706. The number of rotatable bonds is 6. The average Bonchev–Trinajstić information content (AvgIpc) is 2.55. The van der Waals surface area contributed by atoms with Gasteiger partial charge >= 0.3 is 0 Å². The van der Waals surface area contributed by atoms with E-state index >= 15 is 0 Å². The van der Waals surface area contributed by atoms with Crippen LogP contribution in [0.3, 0.4) is 0 Å². The second kappa shape index (κ2) is 9.11. The fourth-order valence-corrected chi connectivity index (χ4v) is 2.87. The van der Waals surface area contributed by atoms with Gasteiger partial charge in [0.05, 0.1) is 10.0 Å². The molecule has 2 rings (SSSR count). The van der Waals surface area contributed by atoms with Crippen LogP contribution in [0.5, 0.6) is 0 Å². The van der Waals surface area contributed by atoms with E-state index in [9.17, 15) is 0 Å². The zero-order valence-corrected chi connectivity index (χ0v) is 16.1. The molecule has 0 aliphatic heterocycles. The summed E-state index contributed by atoms with van der Waals surface area (Å²) in [6, 6.07) is 13.8. The Morgan fingerprint density at radius 2 is 1.92 bits per heavy atom. The molecule has 0 aromatic heterocycles. The average molecular weight is 382 g/mol. The van der Waals surface area contributed by atoms with Crippen molar-refractivity contribution < 1.29 is 0 Å². The van der Waals surface area contributed by atoms with Gasteiger partial charge in [-0.2, -0.15) is 0 Å². The maximum atomic E-state index is 6.00. The molecule has 0 bridgehead atoms. The fraction of sp³-hybridized carbons (Fsp3) is 0.278. The van der Waals surface area contributed by atoms with E-state index in [0.29, 0.717) is 15.2 Å². The highest BCUT2D eigenvalue weighted by Crippen LogP contribution is 2.24. The number of halogens is 2. The van der Waals surface area contributed by atoms with E-state index in [-0.39, 0.29) is 0 Å². The largest absolute Gasteiger partial charge is 0.370 e. The van der Waals surface area contributed by atoms with Gasteiger partial charge in [0, 0.05) is 31.0 Å². The molecule has 24 heavy (non-hydrogen) atoms. The van der Waals surface area contributed by atoms with E-state index in [0.717, 1.165) is 25.3 Å². The van der Waals surface area contributed by atoms with Gasteiger partial charge in [-0.15, -0.1) is 0 Å². The van der Waals surface area contributed by atoms with E-state index < -0.39 is 0 Å². The lowest BCUT2D eigenvalue weighted by Gasteiger charge is -2.24. The van der Waals surface area contributed by atoms with Gasteiger partial charge < -0.3 is 15.5 Å². The van der Waals surface area contributed by atoms with Gasteiger partial charge in [0.15, 0.2) is 5.11 Å². The van der Waals surface area contributed by atoms with Crippen molar-refractivity contribution in [1.82, 2.24) is 5.32 Å². The van der Waals surface area contributed by atoms with Crippen LogP contribution in [0.1, 0.15) is 12.5 Å². The van der Waals surface area contributed by atoms with Crippen molar-refractivity contribution in [2.75, 3.05) is 29.9 Å². The summed E-state index contributed by atoms with van der Waals surface area (Å²) in [5, 5.41) is 7.92. The van der Waals surface area contributed by atoms with E-state index in [1.807, 2.05) is 6.07 Å². The highest BCUT2D eigenvalue weighted by Gasteiger charge is 2.05. The summed E-state index contributed by atoms with van der Waals surface area (Å²) in [6.45, 7) is 6.80. The summed E-state index contributed by atoms with van der Waals surface area (Å²) in [6.07, 6.45) is 0. The minimum absolute atomic E-state index is 0.501. The minimum Gasteiger partial charge on any atom is -0.370 e. The van der Waals surface area contributed by atoms with Crippen LogP contribution < -0.4 is 15.5 Å². The summed E-state index contributed by atoms with van der Waals surface area (Å²) < 4.78 is 0. The molecule has 6 heteroatoms. The van der Waals surface area contributed by atoms with Gasteiger partial charge in [-0.3, -0.25) is 0 Å². The molecule has 0 aliphatic rings. The third kappa shape index (κ3) is 5.55. The van der Waals surface area contributed by atoms with Crippen LogP contribution in [0.4, 0.5) is 11.4 Å². The van der Waals surface area contributed by atoms with E-state index in [4.69, 9.17) is 35.4 Å². The summed E-state index contributed by atoms with van der Waals surface area (Å²) in [4.78, 5) is 2.31. The third-order valence-corrected chi connectivity index (χ3v) is 4.58. The van der Waals surface area contributed by atoms with Crippen LogP contribution >= 0.6 is 35.4 Å². The number of thiocarbonyl (C=S) groups is 1. The Hall–Kier alpha value is -1.49. The molecule has 0 unspecified atom stereocenters. The molecule has 0 saturated carbocycles. The lowest BCUT2D eigenvalue weighted by Crippen LogP contribution is -2.36. The smallest absolute Gasteiger partial charge is 0.170 e. The molecule has 3 nitrogen and oxygen atoms in total. The Labute approximate surface area is 159 Å². The molecule has 0 heterocycles. The molecule has 0 fully saturated rings. The number of anilines is 2. The Kier molecular flexibility index (Phi) is 7.16. The van der Waals surface area contributed by atoms with Crippen molar-refractivity contribution in [2.45, 2.75) is 13.8 Å². The quantitative estimate of drug-likeness (QED) is 0.679. The first kappa shape index (κ1) is 18.8. The number of nitrogens with zero attached hydrogens (tertiary/aromatic N) is 1. The van der Waals surface area contributed by atoms with Crippen LogP contribution in [-0.4, -0.2) is 24.7 Å². The number of hydrogen-bond donors (Lipinski definition) is 2. The molecular formula is C18H21Cl2N3S. The summed E-state index contributed by atoms with van der Waals surface area (Å²) in [5.74, 6) is 0. The lowest BCUT2D eigenvalue weighted by atomic mass is 10.2.